The van der Waals surface area contributed by atoms with E-state index in [0.717, 1.165) is 19.3 Å². The summed E-state index contributed by atoms with van der Waals surface area (Å²) in [6, 6.07) is 12.3. The van der Waals surface area contributed by atoms with Gasteiger partial charge in [-0.15, -0.1) is 0 Å². The Morgan fingerprint density at radius 2 is 2.11 bits per heavy atom. The van der Waals surface area contributed by atoms with Crippen molar-refractivity contribution in [2.24, 2.45) is 5.92 Å². The molecule has 3 heteroatoms. The van der Waals surface area contributed by atoms with E-state index in [9.17, 15) is 4.79 Å². The molecule has 1 fully saturated rings. The van der Waals surface area contributed by atoms with Gasteiger partial charge >= 0.3 is 0 Å². The Morgan fingerprint density at radius 3 is 2.83 bits per heavy atom. The number of nitrogens with zero attached hydrogens (tertiary/aromatic N) is 1. The molecule has 0 bridgehead atoms. The van der Waals surface area contributed by atoms with Crippen molar-refractivity contribution in [2.45, 2.75) is 31.6 Å². The summed E-state index contributed by atoms with van der Waals surface area (Å²) in [7, 11) is 0. The molecule has 2 atom stereocenters. The molecule has 0 radical (unpaired) electrons. The predicted octanol–water partition coefficient (Wildman–Crippen LogP) is 2.60. The van der Waals surface area contributed by atoms with Gasteiger partial charge in [-0.2, -0.15) is 5.26 Å². The molecule has 0 aromatic heterocycles. The lowest BCUT2D eigenvalue weighted by molar-refractivity contribution is -0.122. The lowest BCUT2D eigenvalue weighted by Crippen LogP contribution is -2.26. The van der Waals surface area contributed by atoms with Crippen molar-refractivity contribution in [3.8, 4) is 6.07 Å². The standard InChI is InChI=1S/C15H18N2O/c16-9-5-2-6-10-17-15(18)14-11-13(14)12-7-3-1-4-8-12/h1,3-4,7-8,13-14H,2,5-6,10-11H2,(H,17,18). The molecule has 2 unspecified atom stereocenters. The number of hydrogen-bond donors (Lipinski definition) is 1. The van der Waals surface area contributed by atoms with Crippen LogP contribution >= 0.6 is 0 Å². The molecule has 1 amide bonds. The Hall–Kier alpha value is -1.82. The normalized spacial score (nSPS) is 21.1. The van der Waals surface area contributed by atoms with E-state index in [1.165, 1.54) is 5.56 Å². The van der Waals surface area contributed by atoms with Gasteiger partial charge in [0.2, 0.25) is 5.91 Å². The maximum Gasteiger partial charge on any atom is 0.223 e. The molecule has 1 aromatic carbocycles. The van der Waals surface area contributed by atoms with E-state index in [1.807, 2.05) is 18.2 Å². The highest BCUT2D eigenvalue weighted by atomic mass is 16.2. The van der Waals surface area contributed by atoms with Crippen molar-refractivity contribution in [3.05, 3.63) is 35.9 Å². The van der Waals surface area contributed by atoms with E-state index in [-0.39, 0.29) is 11.8 Å². The molecule has 0 spiro atoms. The Balaban J connectivity index is 1.69. The number of amides is 1. The van der Waals surface area contributed by atoms with E-state index >= 15 is 0 Å². The second-order valence-corrected chi connectivity index (χ2v) is 4.77. The van der Waals surface area contributed by atoms with Crippen molar-refractivity contribution in [1.82, 2.24) is 5.32 Å². The summed E-state index contributed by atoms with van der Waals surface area (Å²) < 4.78 is 0. The Labute approximate surface area is 108 Å². The monoisotopic (exact) mass is 242 g/mol. The van der Waals surface area contributed by atoms with Crippen LogP contribution in [0, 0.1) is 17.2 Å². The summed E-state index contributed by atoms with van der Waals surface area (Å²) in [5, 5.41) is 11.4. The van der Waals surface area contributed by atoms with Gasteiger partial charge in [-0.3, -0.25) is 4.79 Å². The molecular formula is C15H18N2O. The topological polar surface area (TPSA) is 52.9 Å². The maximum absolute atomic E-state index is 11.8. The third kappa shape index (κ3) is 3.33. The van der Waals surface area contributed by atoms with E-state index in [1.54, 1.807) is 0 Å². The maximum atomic E-state index is 11.8. The molecule has 0 aliphatic heterocycles. The van der Waals surface area contributed by atoms with Crippen LogP contribution in [0.15, 0.2) is 30.3 Å². The van der Waals surface area contributed by atoms with Crippen LogP contribution in [-0.4, -0.2) is 12.5 Å². The highest BCUT2D eigenvalue weighted by molar-refractivity contribution is 5.82. The Morgan fingerprint density at radius 1 is 1.33 bits per heavy atom. The quantitative estimate of drug-likeness (QED) is 0.779. The first-order chi connectivity index (χ1) is 8.83. The van der Waals surface area contributed by atoms with Crippen molar-refractivity contribution in [1.29, 1.82) is 5.26 Å². The van der Waals surface area contributed by atoms with E-state index in [2.05, 4.69) is 23.5 Å². The predicted molar refractivity (Wildman–Crippen MR) is 69.8 cm³/mol. The zero-order valence-corrected chi connectivity index (χ0v) is 10.4. The highest BCUT2D eigenvalue weighted by Gasteiger charge is 2.43. The van der Waals surface area contributed by atoms with Gasteiger partial charge in [0.05, 0.1) is 6.07 Å². The molecule has 2 rings (SSSR count). The summed E-state index contributed by atoms with van der Waals surface area (Å²) in [6.07, 6.45) is 3.30. The van der Waals surface area contributed by atoms with Crippen molar-refractivity contribution in [3.63, 3.8) is 0 Å². The smallest absolute Gasteiger partial charge is 0.223 e. The second kappa shape index (κ2) is 6.20. The first kappa shape index (κ1) is 12.6. The molecule has 94 valence electrons. The minimum Gasteiger partial charge on any atom is -0.356 e. The number of carbonyl (C=O) groups excluding carboxylic acids is 1. The van der Waals surface area contributed by atoms with Crippen molar-refractivity contribution in [2.75, 3.05) is 6.54 Å². The molecule has 0 saturated heterocycles. The van der Waals surface area contributed by atoms with Crippen LogP contribution in [0.4, 0.5) is 0 Å². The Kier molecular flexibility index (Phi) is 4.35. The first-order valence-corrected chi connectivity index (χ1v) is 6.52. The van der Waals surface area contributed by atoms with Gasteiger partial charge in [-0.1, -0.05) is 30.3 Å². The van der Waals surface area contributed by atoms with Gasteiger partial charge in [0.15, 0.2) is 0 Å². The lowest BCUT2D eigenvalue weighted by Gasteiger charge is -2.04. The number of unbranched alkanes of at least 4 members (excludes halogenated alkanes) is 2. The fourth-order valence-electron chi connectivity index (χ4n) is 2.23. The average molecular weight is 242 g/mol. The van der Waals surface area contributed by atoms with Crippen LogP contribution in [0.1, 0.15) is 37.2 Å². The molecule has 3 nitrogen and oxygen atoms in total. The van der Waals surface area contributed by atoms with Crippen LogP contribution in [0.2, 0.25) is 0 Å². The largest absolute Gasteiger partial charge is 0.356 e. The fraction of sp³-hybridized carbons (Fsp3) is 0.467. The number of nitrogens with one attached hydrogen (secondary N) is 1. The number of nitriles is 1. The van der Waals surface area contributed by atoms with E-state index in [0.29, 0.717) is 18.9 Å². The third-order valence-electron chi connectivity index (χ3n) is 3.37. The zero-order chi connectivity index (χ0) is 12.8. The lowest BCUT2D eigenvalue weighted by atomic mass is 10.1. The van der Waals surface area contributed by atoms with Gasteiger partial charge in [-0.25, -0.2) is 0 Å². The number of hydrogen-bond acceptors (Lipinski definition) is 2. The highest BCUT2D eigenvalue weighted by Crippen LogP contribution is 2.47. The zero-order valence-electron chi connectivity index (χ0n) is 10.4. The van der Waals surface area contributed by atoms with Gasteiger partial charge < -0.3 is 5.32 Å². The van der Waals surface area contributed by atoms with E-state index < -0.39 is 0 Å². The van der Waals surface area contributed by atoms with Crippen LogP contribution < -0.4 is 5.32 Å². The minimum atomic E-state index is 0.156. The number of carbonyl (C=O) groups is 1. The van der Waals surface area contributed by atoms with Crippen molar-refractivity contribution < 1.29 is 4.79 Å². The average Bonchev–Trinajstić information content (AvgIpc) is 3.20. The van der Waals surface area contributed by atoms with Crippen LogP contribution in [-0.2, 0) is 4.79 Å². The van der Waals surface area contributed by atoms with Crippen LogP contribution in [0.3, 0.4) is 0 Å². The summed E-state index contributed by atoms with van der Waals surface area (Å²) in [6.45, 7) is 0.693. The number of benzene rings is 1. The van der Waals surface area contributed by atoms with Crippen molar-refractivity contribution >= 4 is 5.91 Å². The summed E-state index contributed by atoms with van der Waals surface area (Å²) in [5.41, 5.74) is 1.27. The first-order valence-electron chi connectivity index (χ1n) is 6.52. The van der Waals surface area contributed by atoms with Gasteiger partial charge in [0.25, 0.3) is 0 Å². The molecule has 1 aromatic rings. The van der Waals surface area contributed by atoms with Gasteiger partial charge in [-0.05, 0) is 30.7 Å². The molecule has 1 N–H and O–H groups in total. The minimum absolute atomic E-state index is 0.156. The summed E-state index contributed by atoms with van der Waals surface area (Å²) >= 11 is 0. The van der Waals surface area contributed by atoms with E-state index in [4.69, 9.17) is 5.26 Å². The van der Waals surface area contributed by atoms with Crippen LogP contribution in [0.5, 0.6) is 0 Å². The Bertz CT molecular complexity index is 436. The molecule has 1 aliphatic carbocycles. The summed E-state index contributed by atoms with van der Waals surface area (Å²) in [4.78, 5) is 11.8. The molecule has 1 saturated carbocycles. The van der Waals surface area contributed by atoms with Gasteiger partial charge in [0, 0.05) is 18.9 Å². The van der Waals surface area contributed by atoms with Gasteiger partial charge in [0.1, 0.15) is 0 Å². The SMILES string of the molecule is N#CCCCCNC(=O)C1CC1c1ccccc1. The molecular weight excluding hydrogens is 224 g/mol. The second-order valence-electron chi connectivity index (χ2n) is 4.77. The number of rotatable bonds is 6. The molecule has 18 heavy (non-hydrogen) atoms. The van der Waals surface area contributed by atoms with Crippen LogP contribution in [0.25, 0.3) is 0 Å². The molecule has 0 heterocycles. The molecule has 1 aliphatic rings. The fourth-order valence-corrected chi connectivity index (χ4v) is 2.23. The third-order valence-corrected chi connectivity index (χ3v) is 3.37. The summed E-state index contributed by atoms with van der Waals surface area (Å²) in [5.74, 6) is 0.731.